The maximum absolute atomic E-state index is 12.6. The highest BCUT2D eigenvalue weighted by Crippen LogP contribution is 2.24. The molecule has 0 radical (unpaired) electrons. The minimum Gasteiger partial charge on any atom is -0.323 e. The number of amides is 1. The lowest BCUT2D eigenvalue weighted by molar-refractivity contribution is -0.132. The van der Waals surface area contributed by atoms with Gasteiger partial charge in [-0.2, -0.15) is 0 Å². The maximum Gasteiger partial charge on any atom is 0.241 e. The fourth-order valence-corrected chi connectivity index (χ4v) is 3.18. The number of hydrogen-bond acceptors (Lipinski definition) is 2. The van der Waals surface area contributed by atoms with Gasteiger partial charge in [0, 0.05) is 6.04 Å². The van der Waals surface area contributed by atoms with Crippen LogP contribution in [-0.4, -0.2) is 29.1 Å². The molecule has 1 N–H and O–H groups in total. The highest BCUT2D eigenvalue weighted by atomic mass is 16.2. The second-order valence-electron chi connectivity index (χ2n) is 6.64. The molecule has 0 aliphatic carbocycles. The monoisotopic (exact) mass is 282 g/mol. The van der Waals surface area contributed by atoms with Crippen molar-refractivity contribution < 1.29 is 4.79 Å². The van der Waals surface area contributed by atoms with Crippen LogP contribution in [0.1, 0.15) is 79.6 Å². The molecular weight excluding hydrogens is 248 g/mol. The van der Waals surface area contributed by atoms with Crippen LogP contribution in [0.15, 0.2) is 0 Å². The molecule has 3 atom stereocenters. The Bertz CT molecular complexity index is 291. The zero-order chi connectivity index (χ0) is 15.1. The van der Waals surface area contributed by atoms with Crippen LogP contribution in [0.5, 0.6) is 0 Å². The summed E-state index contributed by atoms with van der Waals surface area (Å²) in [7, 11) is 0. The Morgan fingerprint density at radius 2 is 1.80 bits per heavy atom. The number of carbonyl (C=O) groups excluding carboxylic acids is 1. The Labute approximate surface area is 125 Å². The molecule has 0 saturated carbocycles. The van der Waals surface area contributed by atoms with E-state index in [-0.39, 0.29) is 12.2 Å². The summed E-state index contributed by atoms with van der Waals surface area (Å²) < 4.78 is 0. The van der Waals surface area contributed by atoms with E-state index in [0.717, 1.165) is 19.3 Å². The summed E-state index contributed by atoms with van der Waals surface area (Å²) in [5.41, 5.74) is 0. The first kappa shape index (κ1) is 17.5. The summed E-state index contributed by atoms with van der Waals surface area (Å²) in [6.07, 6.45) is 8.49. The molecule has 3 unspecified atom stereocenters. The van der Waals surface area contributed by atoms with E-state index in [9.17, 15) is 4.79 Å². The van der Waals surface area contributed by atoms with Gasteiger partial charge in [0.15, 0.2) is 0 Å². The molecule has 0 aromatic rings. The zero-order valence-corrected chi connectivity index (χ0v) is 14.1. The van der Waals surface area contributed by atoms with E-state index in [1.807, 2.05) is 0 Å². The first-order valence-corrected chi connectivity index (χ1v) is 8.61. The minimum atomic E-state index is 0.0468. The van der Waals surface area contributed by atoms with Crippen molar-refractivity contribution >= 4 is 5.91 Å². The summed E-state index contributed by atoms with van der Waals surface area (Å²) in [5, 5.41) is 3.55. The summed E-state index contributed by atoms with van der Waals surface area (Å²) >= 11 is 0. The van der Waals surface area contributed by atoms with Crippen molar-refractivity contribution in [3.8, 4) is 0 Å². The van der Waals surface area contributed by atoms with E-state index in [4.69, 9.17) is 0 Å². The molecule has 0 bridgehead atoms. The molecule has 0 aromatic heterocycles. The normalized spacial score (nSPS) is 24.7. The predicted octanol–water partition coefficient (Wildman–Crippen LogP) is 3.93. The molecule has 1 saturated heterocycles. The first-order chi connectivity index (χ1) is 9.52. The van der Waals surface area contributed by atoms with E-state index >= 15 is 0 Å². The van der Waals surface area contributed by atoms with Gasteiger partial charge in [-0.3, -0.25) is 10.1 Å². The topological polar surface area (TPSA) is 32.3 Å². The van der Waals surface area contributed by atoms with Crippen LogP contribution >= 0.6 is 0 Å². The average molecular weight is 282 g/mol. The van der Waals surface area contributed by atoms with Crippen molar-refractivity contribution in [1.29, 1.82) is 0 Å². The molecule has 1 aliphatic rings. The van der Waals surface area contributed by atoms with Crippen LogP contribution in [0.3, 0.4) is 0 Å². The Balaban J connectivity index is 2.60. The fourth-order valence-electron chi connectivity index (χ4n) is 3.18. The highest BCUT2D eigenvalue weighted by molar-refractivity contribution is 5.84. The van der Waals surface area contributed by atoms with Crippen molar-refractivity contribution in [2.75, 3.05) is 0 Å². The molecule has 1 amide bonds. The predicted molar refractivity (Wildman–Crippen MR) is 85.5 cm³/mol. The van der Waals surface area contributed by atoms with Crippen molar-refractivity contribution in [2.45, 2.75) is 97.8 Å². The van der Waals surface area contributed by atoms with Gasteiger partial charge in [0.1, 0.15) is 0 Å². The first-order valence-electron chi connectivity index (χ1n) is 8.61. The summed E-state index contributed by atoms with van der Waals surface area (Å²) in [5.74, 6) is 0.799. The lowest BCUT2D eigenvalue weighted by Crippen LogP contribution is -2.46. The smallest absolute Gasteiger partial charge is 0.241 e. The zero-order valence-electron chi connectivity index (χ0n) is 14.1. The summed E-state index contributed by atoms with van der Waals surface area (Å²) in [6.45, 7) is 11.0. The lowest BCUT2D eigenvalue weighted by Gasteiger charge is -2.32. The maximum atomic E-state index is 12.6. The van der Waals surface area contributed by atoms with Gasteiger partial charge in [-0.05, 0) is 25.7 Å². The van der Waals surface area contributed by atoms with Gasteiger partial charge in [0.25, 0.3) is 0 Å². The number of unbranched alkanes of at least 4 members (excludes halogenated alkanes) is 3. The van der Waals surface area contributed by atoms with Crippen molar-refractivity contribution in [3.63, 3.8) is 0 Å². The van der Waals surface area contributed by atoms with Crippen LogP contribution in [0.2, 0.25) is 0 Å². The van der Waals surface area contributed by atoms with Crippen molar-refractivity contribution in [1.82, 2.24) is 10.2 Å². The molecular formula is C17H34N2O. The molecule has 3 nitrogen and oxygen atoms in total. The summed E-state index contributed by atoms with van der Waals surface area (Å²) in [6, 6.07) is 0.409. The van der Waals surface area contributed by atoms with Crippen LogP contribution in [0, 0.1) is 5.92 Å². The second kappa shape index (κ2) is 8.66. The molecule has 118 valence electrons. The van der Waals surface area contributed by atoms with Gasteiger partial charge in [-0.1, -0.05) is 59.8 Å². The van der Waals surface area contributed by atoms with Gasteiger partial charge < -0.3 is 4.90 Å². The molecule has 1 aliphatic heterocycles. The Kier molecular flexibility index (Phi) is 7.57. The average Bonchev–Trinajstić information content (AvgIpc) is 2.73. The number of carbonyl (C=O) groups is 1. The Hall–Kier alpha value is -0.570. The third kappa shape index (κ3) is 4.47. The molecule has 20 heavy (non-hydrogen) atoms. The second-order valence-corrected chi connectivity index (χ2v) is 6.64. The summed E-state index contributed by atoms with van der Waals surface area (Å²) in [4.78, 5) is 14.7. The number of nitrogens with zero attached hydrogens (tertiary/aromatic N) is 1. The Morgan fingerprint density at radius 3 is 2.35 bits per heavy atom. The number of hydrogen-bond donors (Lipinski definition) is 1. The quantitative estimate of drug-likeness (QED) is 0.650. The lowest BCUT2D eigenvalue weighted by atomic mass is 10.0. The van der Waals surface area contributed by atoms with E-state index < -0.39 is 0 Å². The third-order valence-electron chi connectivity index (χ3n) is 4.38. The van der Waals surface area contributed by atoms with E-state index in [0.29, 0.717) is 17.9 Å². The van der Waals surface area contributed by atoms with Crippen molar-refractivity contribution in [3.05, 3.63) is 0 Å². The standard InChI is InChI=1S/C17H34N2O/c1-6-8-9-10-12-14(5)19-16(13(3)4)18-15(11-7-2)17(19)20/h13-16,18H,6-12H2,1-5H3. The van der Waals surface area contributed by atoms with Crippen LogP contribution in [0.4, 0.5) is 0 Å². The van der Waals surface area contributed by atoms with Crippen LogP contribution < -0.4 is 5.32 Å². The highest BCUT2D eigenvalue weighted by Gasteiger charge is 2.41. The molecule has 1 heterocycles. The van der Waals surface area contributed by atoms with Gasteiger partial charge in [-0.15, -0.1) is 0 Å². The van der Waals surface area contributed by atoms with E-state index in [1.165, 1.54) is 25.7 Å². The molecule has 1 rings (SSSR count). The number of nitrogens with one attached hydrogen (secondary N) is 1. The SMILES string of the molecule is CCCCCCC(C)N1C(=O)C(CCC)NC1C(C)C. The minimum absolute atomic E-state index is 0.0468. The van der Waals surface area contributed by atoms with Crippen LogP contribution in [-0.2, 0) is 4.79 Å². The molecule has 3 heteroatoms. The molecule has 1 fully saturated rings. The van der Waals surface area contributed by atoms with Gasteiger partial charge >= 0.3 is 0 Å². The fraction of sp³-hybridized carbons (Fsp3) is 0.941. The van der Waals surface area contributed by atoms with E-state index in [2.05, 4.69) is 44.8 Å². The van der Waals surface area contributed by atoms with Gasteiger partial charge in [-0.25, -0.2) is 0 Å². The third-order valence-corrected chi connectivity index (χ3v) is 4.38. The molecule has 0 aromatic carbocycles. The van der Waals surface area contributed by atoms with Gasteiger partial charge in [0.05, 0.1) is 12.2 Å². The largest absolute Gasteiger partial charge is 0.323 e. The molecule has 0 spiro atoms. The van der Waals surface area contributed by atoms with Crippen LogP contribution in [0.25, 0.3) is 0 Å². The van der Waals surface area contributed by atoms with Crippen molar-refractivity contribution in [2.24, 2.45) is 5.92 Å². The Morgan fingerprint density at radius 1 is 1.10 bits per heavy atom. The van der Waals surface area contributed by atoms with E-state index in [1.54, 1.807) is 0 Å². The number of rotatable bonds is 9. The van der Waals surface area contributed by atoms with Gasteiger partial charge in [0.2, 0.25) is 5.91 Å².